The average Bonchev–Trinajstić information content (AvgIpc) is 2.55. The molecule has 3 heteroatoms. The van der Waals surface area contributed by atoms with Crippen molar-refractivity contribution in [2.45, 2.75) is 46.1 Å². The highest BCUT2D eigenvalue weighted by Gasteiger charge is 2.04. The number of hydrogen-bond donors (Lipinski definition) is 1. The molecule has 0 aliphatic heterocycles. The summed E-state index contributed by atoms with van der Waals surface area (Å²) in [4.78, 5) is 5.87. The van der Waals surface area contributed by atoms with E-state index in [0.29, 0.717) is 6.04 Å². The Bertz CT molecular complexity index is 311. The molecule has 0 spiro atoms. The van der Waals surface area contributed by atoms with Gasteiger partial charge in [-0.2, -0.15) is 0 Å². The van der Waals surface area contributed by atoms with E-state index in [1.807, 2.05) is 17.4 Å². The van der Waals surface area contributed by atoms with Gasteiger partial charge in [-0.05, 0) is 33.6 Å². The van der Waals surface area contributed by atoms with Crippen molar-refractivity contribution in [1.82, 2.24) is 10.3 Å². The number of aromatic nitrogens is 1. The lowest BCUT2D eigenvalue weighted by Crippen LogP contribution is -2.27. The molecule has 90 valence electrons. The van der Waals surface area contributed by atoms with Gasteiger partial charge in [0.25, 0.3) is 0 Å². The van der Waals surface area contributed by atoms with Gasteiger partial charge in [-0.25, -0.2) is 4.98 Å². The Labute approximate surface area is 103 Å². The Kier molecular flexibility index (Phi) is 5.71. The number of thiazole rings is 1. The minimum atomic E-state index is 0.570. The van der Waals surface area contributed by atoms with Crippen molar-refractivity contribution in [1.29, 1.82) is 0 Å². The van der Waals surface area contributed by atoms with Gasteiger partial charge in [-0.3, -0.25) is 0 Å². The van der Waals surface area contributed by atoms with E-state index in [1.54, 1.807) is 0 Å². The second kappa shape index (κ2) is 6.81. The van der Waals surface area contributed by atoms with Crippen molar-refractivity contribution in [3.05, 3.63) is 28.2 Å². The molecule has 16 heavy (non-hydrogen) atoms. The minimum absolute atomic E-state index is 0.570. The van der Waals surface area contributed by atoms with Crippen LogP contribution in [0.3, 0.4) is 0 Å². The van der Waals surface area contributed by atoms with Crippen LogP contribution < -0.4 is 5.32 Å². The Morgan fingerprint density at radius 2 is 2.25 bits per heavy atom. The lowest BCUT2D eigenvalue weighted by Gasteiger charge is -2.11. The first-order valence-corrected chi connectivity index (χ1v) is 6.72. The Morgan fingerprint density at radius 1 is 1.50 bits per heavy atom. The molecule has 0 aliphatic carbocycles. The normalized spacial score (nSPS) is 12.7. The van der Waals surface area contributed by atoms with Gasteiger partial charge in [-0.1, -0.05) is 6.08 Å². The van der Waals surface area contributed by atoms with Crippen LogP contribution in [0.5, 0.6) is 0 Å². The summed E-state index contributed by atoms with van der Waals surface area (Å²) in [5, 5.41) is 4.76. The van der Waals surface area contributed by atoms with E-state index in [-0.39, 0.29) is 0 Å². The van der Waals surface area contributed by atoms with Gasteiger partial charge in [0.05, 0.1) is 10.7 Å². The third-order valence-electron chi connectivity index (χ3n) is 2.71. The third kappa shape index (κ3) is 4.45. The highest BCUT2D eigenvalue weighted by atomic mass is 32.1. The Balaban J connectivity index is 2.22. The second-order valence-corrected chi connectivity index (χ2v) is 5.51. The van der Waals surface area contributed by atoms with Crippen LogP contribution in [0.2, 0.25) is 0 Å². The zero-order chi connectivity index (χ0) is 12.0. The topological polar surface area (TPSA) is 24.9 Å². The molecule has 1 unspecified atom stereocenters. The van der Waals surface area contributed by atoms with E-state index in [9.17, 15) is 0 Å². The molecule has 1 atom stereocenters. The maximum Gasteiger partial charge on any atom is 0.0943 e. The van der Waals surface area contributed by atoms with Crippen molar-refractivity contribution in [3.8, 4) is 0 Å². The molecule has 2 nitrogen and oxygen atoms in total. The highest BCUT2D eigenvalue weighted by Crippen LogP contribution is 2.16. The van der Waals surface area contributed by atoms with E-state index < -0.39 is 0 Å². The van der Waals surface area contributed by atoms with Crippen LogP contribution in [0, 0.1) is 13.8 Å². The third-order valence-corrected chi connectivity index (χ3v) is 3.84. The Morgan fingerprint density at radius 3 is 2.81 bits per heavy atom. The van der Waals surface area contributed by atoms with E-state index in [2.05, 4.69) is 37.7 Å². The summed E-state index contributed by atoms with van der Waals surface area (Å²) in [5.41, 5.74) is 1.18. The molecule has 0 saturated heterocycles. The molecule has 1 N–H and O–H groups in total. The number of nitrogens with one attached hydrogen (secondary N) is 1. The first-order valence-electron chi connectivity index (χ1n) is 5.90. The first kappa shape index (κ1) is 13.4. The molecule has 0 saturated carbocycles. The van der Waals surface area contributed by atoms with Crippen molar-refractivity contribution in [3.63, 3.8) is 0 Å². The quantitative estimate of drug-likeness (QED) is 0.738. The number of aryl methyl sites for hydroxylation is 2. The standard InChI is InChI=1S/C13H22N2S/c1-5-6-7-10(2)14-9-8-13-15-11(3)12(4)16-13/h5,10,14H,1,6-9H2,2-4H3. The van der Waals surface area contributed by atoms with Gasteiger partial charge in [0.2, 0.25) is 0 Å². The number of nitrogens with zero attached hydrogens (tertiary/aromatic N) is 1. The van der Waals surface area contributed by atoms with Gasteiger partial charge in [-0.15, -0.1) is 17.9 Å². The summed E-state index contributed by atoms with van der Waals surface area (Å²) in [5.74, 6) is 0. The zero-order valence-electron chi connectivity index (χ0n) is 10.5. The van der Waals surface area contributed by atoms with Crippen LogP contribution in [0.15, 0.2) is 12.7 Å². The smallest absolute Gasteiger partial charge is 0.0943 e. The van der Waals surface area contributed by atoms with Crippen molar-refractivity contribution in [2.75, 3.05) is 6.54 Å². The predicted octanol–water partition coefficient (Wildman–Crippen LogP) is 3.25. The number of rotatable bonds is 7. The molecule has 1 aromatic rings. The van der Waals surface area contributed by atoms with Gasteiger partial charge in [0, 0.05) is 23.9 Å². The number of hydrogen-bond acceptors (Lipinski definition) is 3. The van der Waals surface area contributed by atoms with Crippen LogP contribution >= 0.6 is 11.3 Å². The van der Waals surface area contributed by atoms with Crippen molar-refractivity contribution >= 4 is 11.3 Å². The molecule has 0 radical (unpaired) electrons. The monoisotopic (exact) mass is 238 g/mol. The van der Waals surface area contributed by atoms with Crippen LogP contribution in [0.1, 0.15) is 35.3 Å². The van der Waals surface area contributed by atoms with Gasteiger partial charge >= 0.3 is 0 Å². The van der Waals surface area contributed by atoms with E-state index in [4.69, 9.17) is 0 Å². The summed E-state index contributed by atoms with van der Waals surface area (Å²) in [6, 6.07) is 0.570. The molecule has 0 aromatic carbocycles. The predicted molar refractivity (Wildman–Crippen MR) is 72.2 cm³/mol. The SMILES string of the molecule is C=CCCC(C)NCCc1nc(C)c(C)s1. The van der Waals surface area contributed by atoms with Crippen LogP contribution in [-0.4, -0.2) is 17.6 Å². The van der Waals surface area contributed by atoms with Gasteiger partial charge in [0.1, 0.15) is 0 Å². The number of allylic oxidation sites excluding steroid dienone is 1. The maximum absolute atomic E-state index is 4.53. The van der Waals surface area contributed by atoms with Gasteiger partial charge < -0.3 is 5.32 Å². The summed E-state index contributed by atoms with van der Waals surface area (Å²) >= 11 is 1.82. The minimum Gasteiger partial charge on any atom is -0.314 e. The molecule has 0 bridgehead atoms. The van der Waals surface area contributed by atoms with E-state index in [1.165, 1.54) is 22.0 Å². The molecule has 1 heterocycles. The van der Waals surface area contributed by atoms with Crippen molar-refractivity contribution < 1.29 is 0 Å². The zero-order valence-corrected chi connectivity index (χ0v) is 11.4. The van der Waals surface area contributed by atoms with Gasteiger partial charge in [0.15, 0.2) is 0 Å². The van der Waals surface area contributed by atoms with E-state index >= 15 is 0 Å². The Hall–Kier alpha value is -0.670. The summed E-state index contributed by atoms with van der Waals surface area (Å²) in [6.07, 6.45) is 5.27. The summed E-state index contributed by atoms with van der Waals surface area (Å²) < 4.78 is 0. The molecule has 1 rings (SSSR count). The molecule has 1 aromatic heterocycles. The molecular weight excluding hydrogens is 216 g/mol. The summed E-state index contributed by atoms with van der Waals surface area (Å²) in [6.45, 7) is 11.2. The highest BCUT2D eigenvalue weighted by molar-refractivity contribution is 7.11. The average molecular weight is 238 g/mol. The fourth-order valence-corrected chi connectivity index (χ4v) is 2.47. The van der Waals surface area contributed by atoms with Crippen molar-refractivity contribution in [2.24, 2.45) is 0 Å². The fourth-order valence-electron chi connectivity index (χ4n) is 1.54. The molecule has 0 amide bonds. The lowest BCUT2D eigenvalue weighted by atomic mass is 10.2. The second-order valence-electron chi connectivity index (χ2n) is 4.22. The largest absolute Gasteiger partial charge is 0.314 e. The van der Waals surface area contributed by atoms with Crippen LogP contribution in [0.25, 0.3) is 0 Å². The lowest BCUT2D eigenvalue weighted by molar-refractivity contribution is 0.521. The van der Waals surface area contributed by atoms with E-state index in [0.717, 1.165) is 19.4 Å². The van der Waals surface area contributed by atoms with Crippen LogP contribution in [-0.2, 0) is 6.42 Å². The first-order chi connectivity index (χ1) is 7.63. The maximum atomic E-state index is 4.53. The molecular formula is C13H22N2S. The fraction of sp³-hybridized carbons (Fsp3) is 0.615. The summed E-state index contributed by atoms with van der Waals surface area (Å²) in [7, 11) is 0. The molecule has 0 fully saturated rings. The van der Waals surface area contributed by atoms with Crippen LogP contribution in [0.4, 0.5) is 0 Å². The molecule has 0 aliphatic rings.